The highest BCUT2D eigenvalue weighted by Gasteiger charge is 2.20. The molecule has 0 aromatic heterocycles. The lowest BCUT2D eigenvalue weighted by Gasteiger charge is -2.33. The van der Waals surface area contributed by atoms with Gasteiger partial charge in [0, 0.05) is 19.6 Å². The van der Waals surface area contributed by atoms with Crippen LogP contribution in [0.4, 0.5) is 0 Å². The number of hydrogen-bond donors (Lipinski definition) is 2. The quantitative estimate of drug-likeness (QED) is 0.598. The SMILES string of the molecule is CCNC(=S)N1CCOC(CO)C1. The summed E-state index contributed by atoms with van der Waals surface area (Å²) in [5.41, 5.74) is 0. The predicted molar refractivity (Wildman–Crippen MR) is 54.7 cm³/mol. The maximum absolute atomic E-state index is 8.91. The average Bonchev–Trinajstić information content (AvgIpc) is 2.18. The lowest BCUT2D eigenvalue weighted by molar-refractivity contribution is -0.0341. The minimum absolute atomic E-state index is 0.0608. The number of aliphatic hydroxyl groups is 1. The van der Waals surface area contributed by atoms with Crippen LogP contribution in [0.3, 0.4) is 0 Å². The number of morpholine rings is 1. The van der Waals surface area contributed by atoms with Gasteiger partial charge in [-0.2, -0.15) is 0 Å². The van der Waals surface area contributed by atoms with Crippen LogP contribution in [0.25, 0.3) is 0 Å². The number of ether oxygens (including phenoxy) is 1. The maximum Gasteiger partial charge on any atom is 0.169 e. The lowest BCUT2D eigenvalue weighted by atomic mass is 10.3. The minimum atomic E-state index is -0.0923. The zero-order chi connectivity index (χ0) is 9.68. The maximum atomic E-state index is 8.91. The van der Waals surface area contributed by atoms with Crippen LogP contribution < -0.4 is 5.32 Å². The summed E-state index contributed by atoms with van der Waals surface area (Å²) in [6, 6.07) is 0. The van der Waals surface area contributed by atoms with E-state index in [0.717, 1.165) is 18.2 Å². The largest absolute Gasteiger partial charge is 0.394 e. The van der Waals surface area contributed by atoms with Crippen molar-refractivity contribution in [1.82, 2.24) is 10.2 Å². The van der Waals surface area contributed by atoms with Crippen LogP contribution in [-0.2, 0) is 4.74 Å². The van der Waals surface area contributed by atoms with Crippen molar-refractivity contribution in [3.63, 3.8) is 0 Å². The van der Waals surface area contributed by atoms with Gasteiger partial charge < -0.3 is 20.1 Å². The number of thiocarbonyl (C=S) groups is 1. The van der Waals surface area contributed by atoms with E-state index < -0.39 is 0 Å². The first-order valence-corrected chi connectivity index (χ1v) is 4.94. The molecule has 0 aromatic carbocycles. The Morgan fingerprint density at radius 1 is 1.77 bits per heavy atom. The van der Waals surface area contributed by atoms with Gasteiger partial charge in [-0.15, -0.1) is 0 Å². The van der Waals surface area contributed by atoms with Gasteiger partial charge in [0.1, 0.15) is 0 Å². The molecule has 0 saturated carbocycles. The van der Waals surface area contributed by atoms with Crippen LogP contribution in [0.1, 0.15) is 6.92 Å². The van der Waals surface area contributed by atoms with Gasteiger partial charge in [0.25, 0.3) is 0 Å². The van der Waals surface area contributed by atoms with Crippen molar-refractivity contribution in [1.29, 1.82) is 0 Å². The fourth-order valence-corrected chi connectivity index (χ4v) is 1.59. The van der Waals surface area contributed by atoms with Crippen LogP contribution in [0, 0.1) is 0 Å². The number of rotatable bonds is 2. The van der Waals surface area contributed by atoms with E-state index in [9.17, 15) is 0 Å². The Morgan fingerprint density at radius 2 is 2.54 bits per heavy atom. The van der Waals surface area contributed by atoms with Gasteiger partial charge in [-0.25, -0.2) is 0 Å². The second kappa shape index (κ2) is 5.36. The van der Waals surface area contributed by atoms with Crippen molar-refractivity contribution in [2.75, 3.05) is 32.8 Å². The molecule has 2 N–H and O–H groups in total. The molecule has 0 aromatic rings. The molecule has 1 unspecified atom stereocenters. The third-order valence-electron chi connectivity index (χ3n) is 1.96. The first-order chi connectivity index (χ1) is 6.27. The second-order valence-corrected chi connectivity index (χ2v) is 3.34. The first kappa shape index (κ1) is 10.7. The smallest absolute Gasteiger partial charge is 0.169 e. The number of nitrogens with zero attached hydrogens (tertiary/aromatic N) is 1. The van der Waals surface area contributed by atoms with Gasteiger partial charge >= 0.3 is 0 Å². The molecular weight excluding hydrogens is 188 g/mol. The van der Waals surface area contributed by atoms with E-state index in [1.807, 2.05) is 11.8 Å². The normalized spacial score (nSPS) is 22.9. The number of nitrogens with one attached hydrogen (secondary N) is 1. The van der Waals surface area contributed by atoms with Gasteiger partial charge in [0.15, 0.2) is 5.11 Å². The van der Waals surface area contributed by atoms with Crippen LogP contribution >= 0.6 is 12.2 Å². The highest BCUT2D eigenvalue weighted by molar-refractivity contribution is 7.80. The van der Waals surface area contributed by atoms with Crippen molar-refractivity contribution < 1.29 is 9.84 Å². The summed E-state index contributed by atoms with van der Waals surface area (Å²) in [6.07, 6.45) is -0.0923. The summed E-state index contributed by atoms with van der Waals surface area (Å²) in [5.74, 6) is 0. The molecule has 5 heteroatoms. The van der Waals surface area contributed by atoms with Crippen molar-refractivity contribution in [3.8, 4) is 0 Å². The summed E-state index contributed by atoms with van der Waals surface area (Å²) >= 11 is 5.15. The molecule has 0 spiro atoms. The van der Waals surface area contributed by atoms with Crippen LogP contribution in [0.5, 0.6) is 0 Å². The van der Waals surface area contributed by atoms with E-state index in [4.69, 9.17) is 22.1 Å². The summed E-state index contributed by atoms with van der Waals surface area (Å²) in [5, 5.41) is 12.7. The predicted octanol–water partition coefficient (Wildman–Crippen LogP) is -0.426. The molecule has 4 nitrogen and oxygen atoms in total. The van der Waals surface area contributed by atoms with Crippen LogP contribution in [0.2, 0.25) is 0 Å². The summed E-state index contributed by atoms with van der Waals surface area (Å²) in [4.78, 5) is 2.03. The Bertz CT molecular complexity index is 178. The van der Waals surface area contributed by atoms with Crippen molar-refractivity contribution in [3.05, 3.63) is 0 Å². The molecule has 0 aliphatic carbocycles. The minimum Gasteiger partial charge on any atom is -0.394 e. The molecule has 1 atom stereocenters. The standard InChI is InChI=1S/C8H16N2O2S/c1-2-9-8(13)10-3-4-12-7(5-10)6-11/h7,11H,2-6H2,1H3,(H,9,13). The van der Waals surface area contributed by atoms with Gasteiger partial charge in [-0.1, -0.05) is 0 Å². The Balaban J connectivity index is 2.37. The average molecular weight is 204 g/mol. The molecule has 0 amide bonds. The highest BCUT2D eigenvalue weighted by atomic mass is 32.1. The zero-order valence-corrected chi connectivity index (χ0v) is 8.64. The molecule has 76 valence electrons. The first-order valence-electron chi connectivity index (χ1n) is 4.53. The van der Waals surface area contributed by atoms with E-state index in [-0.39, 0.29) is 12.7 Å². The molecule has 1 fully saturated rings. The second-order valence-electron chi connectivity index (χ2n) is 2.96. The summed E-state index contributed by atoms with van der Waals surface area (Å²) in [6.45, 7) is 5.03. The summed E-state index contributed by atoms with van der Waals surface area (Å²) in [7, 11) is 0. The van der Waals surface area contributed by atoms with Crippen molar-refractivity contribution in [2.45, 2.75) is 13.0 Å². The van der Waals surface area contributed by atoms with Crippen molar-refractivity contribution >= 4 is 17.3 Å². The van der Waals surface area contributed by atoms with E-state index in [0.29, 0.717) is 13.2 Å². The Hall–Kier alpha value is -0.390. The molecular formula is C8H16N2O2S. The molecule has 0 bridgehead atoms. The fourth-order valence-electron chi connectivity index (χ4n) is 1.28. The molecule has 1 aliphatic heterocycles. The van der Waals surface area contributed by atoms with Crippen molar-refractivity contribution in [2.24, 2.45) is 0 Å². The molecule has 0 radical (unpaired) electrons. The monoisotopic (exact) mass is 204 g/mol. The third kappa shape index (κ3) is 3.10. The number of hydrogen-bond acceptors (Lipinski definition) is 3. The summed E-state index contributed by atoms with van der Waals surface area (Å²) < 4.78 is 5.31. The van der Waals surface area contributed by atoms with Crippen LogP contribution in [0.15, 0.2) is 0 Å². The van der Waals surface area contributed by atoms with Gasteiger partial charge in [0.05, 0.1) is 19.3 Å². The molecule has 1 aliphatic rings. The van der Waals surface area contributed by atoms with Gasteiger partial charge in [-0.05, 0) is 19.1 Å². The lowest BCUT2D eigenvalue weighted by Crippen LogP contribution is -2.50. The fraction of sp³-hybridized carbons (Fsp3) is 0.875. The number of aliphatic hydroxyl groups excluding tert-OH is 1. The van der Waals surface area contributed by atoms with Crippen LogP contribution in [-0.4, -0.2) is 54.1 Å². The Morgan fingerprint density at radius 3 is 3.15 bits per heavy atom. The third-order valence-corrected chi connectivity index (χ3v) is 2.36. The molecule has 1 rings (SSSR count). The van der Waals surface area contributed by atoms with E-state index >= 15 is 0 Å². The van der Waals surface area contributed by atoms with E-state index in [1.165, 1.54) is 0 Å². The Kier molecular flexibility index (Phi) is 4.41. The Labute approximate surface area is 83.9 Å². The topological polar surface area (TPSA) is 44.7 Å². The van der Waals surface area contributed by atoms with Gasteiger partial charge in [-0.3, -0.25) is 0 Å². The zero-order valence-electron chi connectivity index (χ0n) is 7.82. The van der Waals surface area contributed by atoms with E-state index in [2.05, 4.69) is 5.32 Å². The van der Waals surface area contributed by atoms with E-state index in [1.54, 1.807) is 0 Å². The molecule has 13 heavy (non-hydrogen) atoms. The molecule has 1 saturated heterocycles. The highest BCUT2D eigenvalue weighted by Crippen LogP contribution is 2.04. The van der Waals surface area contributed by atoms with Gasteiger partial charge in [0.2, 0.25) is 0 Å². The molecule has 1 heterocycles.